The van der Waals surface area contributed by atoms with Crippen LogP contribution in [0.1, 0.15) is 49.5 Å². The van der Waals surface area contributed by atoms with Crippen molar-refractivity contribution < 1.29 is 23.9 Å². The number of rotatable bonds is 6. The van der Waals surface area contributed by atoms with Gasteiger partial charge in [-0.3, -0.25) is 9.59 Å². The van der Waals surface area contributed by atoms with Gasteiger partial charge in [0.25, 0.3) is 5.91 Å². The SMILES string of the molecule is COC(=O)[C@H](CCC(=O)OC(C)(C)C)NC(=O)c1ccc(C#N)cc1. The zero-order chi connectivity index (χ0) is 19.0. The lowest BCUT2D eigenvalue weighted by Gasteiger charge is -2.21. The molecular formula is C18H22N2O5. The van der Waals surface area contributed by atoms with Gasteiger partial charge in [-0.15, -0.1) is 0 Å². The molecule has 1 rings (SSSR count). The fraction of sp³-hybridized carbons (Fsp3) is 0.444. The molecular weight excluding hydrogens is 324 g/mol. The average molecular weight is 346 g/mol. The molecule has 0 aliphatic rings. The van der Waals surface area contributed by atoms with Gasteiger partial charge < -0.3 is 14.8 Å². The van der Waals surface area contributed by atoms with E-state index in [-0.39, 0.29) is 12.8 Å². The summed E-state index contributed by atoms with van der Waals surface area (Å²) in [5.74, 6) is -1.61. The Labute approximate surface area is 146 Å². The standard InChI is InChI=1S/C18H22N2O5/c1-18(2,3)25-15(21)10-9-14(17(23)24-4)20-16(22)13-7-5-12(11-19)6-8-13/h5-8,14H,9-10H2,1-4H3,(H,20,22)/t14-/m0/s1. The van der Waals surface area contributed by atoms with Crippen LogP contribution in [0.4, 0.5) is 0 Å². The van der Waals surface area contributed by atoms with Gasteiger partial charge in [0.05, 0.1) is 18.7 Å². The molecule has 0 spiro atoms. The maximum absolute atomic E-state index is 12.2. The number of hydrogen-bond acceptors (Lipinski definition) is 6. The highest BCUT2D eigenvalue weighted by Gasteiger charge is 2.24. The summed E-state index contributed by atoms with van der Waals surface area (Å²) in [6, 6.07) is 6.95. The van der Waals surface area contributed by atoms with E-state index in [2.05, 4.69) is 10.1 Å². The van der Waals surface area contributed by atoms with Crippen LogP contribution in [0.15, 0.2) is 24.3 Å². The average Bonchev–Trinajstić information content (AvgIpc) is 2.56. The van der Waals surface area contributed by atoms with E-state index in [0.29, 0.717) is 11.1 Å². The van der Waals surface area contributed by atoms with Crippen molar-refractivity contribution >= 4 is 17.8 Å². The summed E-state index contributed by atoms with van der Waals surface area (Å²) in [5.41, 5.74) is 0.0972. The Balaban J connectivity index is 2.72. The zero-order valence-electron chi connectivity index (χ0n) is 14.8. The molecule has 25 heavy (non-hydrogen) atoms. The largest absolute Gasteiger partial charge is 0.467 e. The lowest BCUT2D eigenvalue weighted by Crippen LogP contribution is -2.42. The van der Waals surface area contributed by atoms with E-state index in [1.807, 2.05) is 6.07 Å². The Hall–Kier alpha value is -2.88. The van der Waals surface area contributed by atoms with E-state index < -0.39 is 29.5 Å². The van der Waals surface area contributed by atoms with Gasteiger partial charge in [0.15, 0.2) is 0 Å². The van der Waals surface area contributed by atoms with Crippen LogP contribution in [0.3, 0.4) is 0 Å². The smallest absolute Gasteiger partial charge is 0.328 e. The normalized spacial score (nSPS) is 11.8. The van der Waals surface area contributed by atoms with Gasteiger partial charge in [-0.1, -0.05) is 0 Å². The number of carbonyl (C=O) groups excluding carboxylic acids is 3. The molecule has 0 saturated carbocycles. The highest BCUT2D eigenvalue weighted by atomic mass is 16.6. The number of nitrogens with zero attached hydrogens (tertiary/aromatic N) is 1. The van der Waals surface area contributed by atoms with Crippen molar-refractivity contribution in [2.45, 2.75) is 45.3 Å². The van der Waals surface area contributed by atoms with Gasteiger partial charge in [-0.2, -0.15) is 5.26 Å². The molecule has 0 aliphatic carbocycles. The molecule has 1 amide bonds. The van der Waals surface area contributed by atoms with Gasteiger partial charge in [0.1, 0.15) is 11.6 Å². The van der Waals surface area contributed by atoms with Crippen molar-refractivity contribution in [3.05, 3.63) is 35.4 Å². The molecule has 0 unspecified atom stereocenters. The first-order valence-corrected chi connectivity index (χ1v) is 7.77. The summed E-state index contributed by atoms with van der Waals surface area (Å²) >= 11 is 0. The van der Waals surface area contributed by atoms with Crippen LogP contribution in [0.2, 0.25) is 0 Å². The Morgan fingerprint density at radius 1 is 1.20 bits per heavy atom. The minimum Gasteiger partial charge on any atom is -0.467 e. The van der Waals surface area contributed by atoms with Gasteiger partial charge >= 0.3 is 11.9 Å². The zero-order valence-corrected chi connectivity index (χ0v) is 14.8. The molecule has 7 nitrogen and oxygen atoms in total. The van der Waals surface area contributed by atoms with Crippen molar-refractivity contribution in [1.82, 2.24) is 5.32 Å². The molecule has 0 fully saturated rings. The monoisotopic (exact) mass is 346 g/mol. The highest BCUT2D eigenvalue weighted by Crippen LogP contribution is 2.11. The number of nitriles is 1. The number of carbonyl (C=O) groups is 3. The number of esters is 2. The van der Waals surface area contributed by atoms with E-state index >= 15 is 0 Å². The summed E-state index contributed by atoms with van der Waals surface area (Å²) in [6.07, 6.45) is 0.0221. The van der Waals surface area contributed by atoms with Crippen LogP contribution in [0.5, 0.6) is 0 Å². The third-order valence-corrected chi connectivity index (χ3v) is 3.12. The van der Waals surface area contributed by atoms with E-state index in [0.717, 1.165) is 0 Å². The summed E-state index contributed by atoms with van der Waals surface area (Å²) in [7, 11) is 1.21. The van der Waals surface area contributed by atoms with Gasteiger partial charge in [0, 0.05) is 12.0 Å². The highest BCUT2D eigenvalue weighted by molar-refractivity contribution is 5.96. The van der Waals surface area contributed by atoms with Crippen LogP contribution in [-0.2, 0) is 19.1 Å². The molecule has 0 saturated heterocycles. The van der Waals surface area contributed by atoms with E-state index in [9.17, 15) is 14.4 Å². The first-order valence-electron chi connectivity index (χ1n) is 7.77. The third-order valence-electron chi connectivity index (χ3n) is 3.12. The lowest BCUT2D eigenvalue weighted by atomic mass is 10.1. The van der Waals surface area contributed by atoms with Gasteiger partial charge in [0.2, 0.25) is 0 Å². The molecule has 0 radical (unpaired) electrons. The Morgan fingerprint density at radius 3 is 2.28 bits per heavy atom. The maximum Gasteiger partial charge on any atom is 0.328 e. The number of ether oxygens (including phenoxy) is 2. The molecule has 0 aromatic heterocycles. The van der Waals surface area contributed by atoms with Crippen LogP contribution in [-0.4, -0.2) is 36.6 Å². The lowest BCUT2D eigenvalue weighted by molar-refractivity contribution is -0.155. The Kier molecular flexibility index (Phi) is 7.12. The quantitative estimate of drug-likeness (QED) is 0.789. The fourth-order valence-corrected chi connectivity index (χ4v) is 1.98. The molecule has 134 valence electrons. The van der Waals surface area contributed by atoms with Crippen molar-refractivity contribution in [2.75, 3.05) is 7.11 Å². The van der Waals surface area contributed by atoms with E-state index in [1.54, 1.807) is 20.8 Å². The minimum absolute atomic E-state index is 0.0370. The van der Waals surface area contributed by atoms with Gasteiger partial charge in [-0.25, -0.2) is 4.79 Å². The number of methoxy groups -OCH3 is 1. The molecule has 0 heterocycles. The van der Waals surface area contributed by atoms with Crippen molar-refractivity contribution in [3.63, 3.8) is 0 Å². The number of hydrogen-bond donors (Lipinski definition) is 1. The summed E-state index contributed by atoms with van der Waals surface area (Å²) < 4.78 is 9.85. The maximum atomic E-state index is 12.2. The molecule has 1 atom stereocenters. The second kappa shape index (κ2) is 8.83. The molecule has 1 N–H and O–H groups in total. The van der Waals surface area contributed by atoms with Crippen molar-refractivity contribution in [3.8, 4) is 6.07 Å². The molecule has 7 heteroatoms. The topological polar surface area (TPSA) is 105 Å². The van der Waals surface area contributed by atoms with Crippen LogP contribution in [0, 0.1) is 11.3 Å². The van der Waals surface area contributed by atoms with Gasteiger partial charge in [-0.05, 0) is 51.5 Å². The third kappa shape index (κ3) is 7.04. The van der Waals surface area contributed by atoms with Crippen LogP contribution >= 0.6 is 0 Å². The predicted octanol–water partition coefficient (Wildman–Crippen LogP) is 1.95. The second-order valence-electron chi connectivity index (χ2n) is 6.36. The Bertz CT molecular complexity index is 668. The molecule has 1 aromatic carbocycles. The van der Waals surface area contributed by atoms with E-state index in [4.69, 9.17) is 10.00 Å². The number of amides is 1. The molecule has 0 aliphatic heterocycles. The second-order valence-corrected chi connectivity index (χ2v) is 6.36. The van der Waals surface area contributed by atoms with Crippen molar-refractivity contribution in [2.24, 2.45) is 0 Å². The summed E-state index contributed by atoms with van der Waals surface area (Å²) in [6.45, 7) is 5.24. The minimum atomic E-state index is -0.972. The van der Waals surface area contributed by atoms with Crippen LogP contribution in [0.25, 0.3) is 0 Å². The summed E-state index contributed by atoms with van der Waals surface area (Å²) in [4.78, 5) is 35.9. The first-order chi connectivity index (χ1) is 11.7. The molecule has 0 bridgehead atoms. The predicted molar refractivity (Wildman–Crippen MR) is 89.5 cm³/mol. The number of nitrogens with one attached hydrogen (secondary N) is 1. The molecule has 1 aromatic rings. The Morgan fingerprint density at radius 2 is 1.80 bits per heavy atom. The number of benzene rings is 1. The van der Waals surface area contributed by atoms with E-state index in [1.165, 1.54) is 31.4 Å². The van der Waals surface area contributed by atoms with Crippen molar-refractivity contribution in [1.29, 1.82) is 5.26 Å². The summed E-state index contributed by atoms with van der Waals surface area (Å²) in [5, 5.41) is 11.3. The first kappa shape index (κ1) is 20.2. The van der Waals surface area contributed by atoms with Crippen LogP contribution < -0.4 is 5.32 Å². The fourth-order valence-electron chi connectivity index (χ4n) is 1.98.